The lowest BCUT2D eigenvalue weighted by Gasteiger charge is -2.13. The van der Waals surface area contributed by atoms with Crippen LogP contribution < -0.4 is 5.32 Å². The number of carbonyl (C=O) groups is 1. The molecule has 1 fully saturated rings. The number of hydrogen-bond donors (Lipinski definition) is 1. The lowest BCUT2D eigenvalue weighted by molar-refractivity contribution is -0.142. The molecule has 88 valence electrons. The molecule has 1 aliphatic rings. The molecule has 0 bridgehead atoms. The third-order valence-corrected chi connectivity index (χ3v) is 5.30. The average Bonchev–Trinajstić information content (AvgIpc) is 2.65. The van der Waals surface area contributed by atoms with E-state index in [0.717, 1.165) is 0 Å². The second-order valence-corrected chi connectivity index (χ2v) is 6.77. The van der Waals surface area contributed by atoms with Gasteiger partial charge >= 0.3 is 5.97 Å². The molecule has 0 aromatic rings. The first-order valence-electron chi connectivity index (χ1n) is 4.93. The van der Waals surface area contributed by atoms with Crippen LogP contribution in [0.1, 0.15) is 20.3 Å². The zero-order valence-electron chi connectivity index (χ0n) is 9.19. The first-order chi connectivity index (χ1) is 6.89. The van der Waals surface area contributed by atoms with Crippen molar-refractivity contribution in [3.8, 4) is 0 Å². The molecule has 0 radical (unpaired) electrons. The summed E-state index contributed by atoms with van der Waals surface area (Å²) in [4.78, 5) is 11.2. The second-order valence-electron chi connectivity index (χ2n) is 3.98. The first kappa shape index (κ1) is 12.4. The number of carbonyl (C=O) groups excluding carboxylic acids is 1. The summed E-state index contributed by atoms with van der Waals surface area (Å²) in [6, 6.07) is -0.478. The van der Waals surface area contributed by atoms with E-state index in [-0.39, 0.29) is 0 Å². The Hall–Kier alpha value is -0.620. The fourth-order valence-electron chi connectivity index (χ4n) is 1.66. The lowest BCUT2D eigenvalue weighted by Crippen LogP contribution is -2.31. The number of nitrogens with one attached hydrogen (secondary N) is 1. The fraction of sp³-hybridized carbons (Fsp3) is 0.889. The van der Waals surface area contributed by atoms with Gasteiger partial charge in [-0.3, -0.25) is 4.79 Å². The first-order valence-corrected chi connectivity index (χ1v) is 6.54. The molecule has 1 saturated heterocycles. The molecule has 0 unspecified atom stereocenters. The summed E-state index contributed by atoms with van der Waals surface area (Å²) in [5.74, 6) is -0.392. The van der Waals surface area contributed by atoms with Gasteiger partial charge in [-0.05, 0) is 20.3 Å². The van der Waals surface area contributed by atoms with E-state index in [0.29, 0.717) is 13.0 Å². The van der Waals surface area contributed by atoms with E-state index < -0.39 is 32.3 Å². The summed E-state index contributed by atoms with van der Waals surface area (Å²) in [7, 11) is -1.82. The molecule has 0 saturated carbocycles. The number of sulfone groups is 1. The third kappa shape index (κ3) is 2.49. The molecule has 1 rings (SSSR count). The summed E-state index contributed by atoms with van der Waals surface area (Å²) < 4.78 is 28.2. The Morgan fingerprint density at radius 2 is 2.07 bits per heavy atom. The van der Waals surface area contributed by atoms with Crippen molar-refractivity contribution in [1.82, 2.24) is 5.32 Å². The van der Waals surface area contributed by atoms with Crippen molar-refractivity contribution in [3.05, 3.63) is 0 Å². The van der Waals surface area contributed by atoms with E-state index in [4.69, 9.17) is 0 Å². The summed E-state index contributed by atoms with van der Waals surface area (Å²) in [5.41, 5.74) is 0. The highest BCUT2D eigenvalue weighted by Gasteiger charge is 2.38. The standard InChI is InChI=1S/C9H17NO4S/c1-6(2)15(12,13)7-4-8(10-5-7)9(11)14-3/h6-8,10H,4-5H2,1-3H3/t7-,8+/m1/s1. The quantitative estimate of drug-likeness (QED) is 0.681. The van der Waals surface area contributed by atoms with E-state index in [1.807, 2.05) is 0 Å². The Morgan fingerprint density at radius 1 is 1.47 bits per heavy atom. The molecule has 15 heavy (non-hydrogen) atoms. The van der Waals surface area contributed by atoms with Gasteiger partial charge in [-0.1, -0.05) is 0 Å². The molecule has 1 aliphatic heterocycles. The number of esters is 1. The van der Waals surface area contributed by atoms with Gasteiger partial charge in [0, 0.05) is 6.54 Å². The molecule has 1 heterocycles. The van der Waals surface area contributed by atoms with Crippen molar-refractivity contribution in [1.29, 1.82) is 0 Å². The highest BCUT2D eigenvalue weighted by atomic mass is 32.2. The van der Waals surface area contributed by atoms with Crippen LogP contribution in [0.5, 0.6) is 0 Å². The van der Waals surface area contributed by atoms with Gasteiger partial charge < -0.3 is 10.1 Å². The van der Waals surface area contributed by atoms with Crippen molar-refractivity contribution >= 4 is 15.8 Å². The Kier molecular flexibility index (Phi) is 3.72. The summed E-state index contributed by atoms with van der Waals surface area (Å²) in [6.45, 7) is 3.64. The summed E-state index contributed by atoms with van der Waals surface area (Å²) in [6.07, 6.45) is 0.313. The van der Waals surface area contributed by atoms with Gasteiger partial charge in [0.1, 0.15) is 6.04 Å². The molecule has 2 atom stereocenters. The van der Waals surface area contributed by atoms with E-state index in [1.54, 1.807) is 13.8 Å². The summed E-state index contributed by atoms with van der Waals surface area (Å²) >= 11 is 0. The largest absolute Gasteiger partial charge is 0.468 e. The average molecular weight is 235 g/mol. The summed E-state index contributed by atoms with van der Waals surface area (Å²) in [5, 5.41) is 1.99. The number of methoxy groups -OCH3 is 1. The number of rotatable bonds is 3. The minimum atomic E-state index is -3.12. The van der Waals surface area contributed by atoms with Crippen LogP contribution in [-0.4, -0.2) is 44.6 Å². The zero-order chi connectivity index (χ0) is 11.6. The smallest absolute Gasteiger partial charge is 0.322 e. The molecule has 6 heteroatoms. The topological polar surface area (TPSA) is 72.5 Å². The van der Waals surface area contributed by atoms with Crippen molar-refractivity contribution in [3.63, 3.8) is 0 Å². The van der Waals surface area contributed by atoms with Gasteiger partial charge in [0.05, 0.1) is 17.6 Å². The molecule has 5 nitrogen and oxygen atoms in total. The predicted octanol–water partition coefficient (Wildman–Crippen LogP) is -0.287. The molecule has 0 aliphatic carbocycles. The van der Waals surface area contributed by atoms with Crippen molar-refractivity contribution in [2.75, 3.05) is 13.7 Å². The van der Waals surface area contributed by atoms with Crippen LogP contribution in [0.15, 0.2) is 0 Å². The van der Waals surface area contributed by atoms with Crippen molar-refractivity contribution < 1.29 is 17.9 Å². The van der Waals surface area contributed by atoms with Crippen LogP contribution in [0.25, 0.3) is 0 Å². The predicted molar refractivity (Wildman–Crippen MR) is 56.3 cm³/mol. The van der Waals surface area contributed by atoms with Crippen LogP contribution >= 0.6 is 0 Å². The van der Waals surface area contributed by atoms with Crippen LogP contribution in [0, 0.1) is 0 Å². The fourth-order valence-corrected chi connectivity index (χ4v) is 3.22. The van der Waals surface area contributed by atoms with Crippen LogP contribution in [0.3, 0.4) is 0 Å². The third-order valence-electron chi connectivity index (χ3n) is 2.70. The molecule has 0 aromatic carbocycles. The monoisotopic (exact) mass is 235 g/mol. The van der Waals surface area contributed by atoms with Crippen molar-refractivity contribution in [2.24, 2.45) is 0 Å². The van der Waals surface area contributed by atoms with E-state index in [9.17, 15) is 13.2 Å². The Labute approximate surface area is 90.1 Å². The molecule has 0 aromatic heterocycles. The van der Waals surface area contributed by atoms with Crippen LogP contribution in [0.4, 0.5) is 0 Å². The highest BCUT2D eigenvalue weighted by molar-refractivity contribution is 7.92. The van der Waals surface area contributed by atoms with Gasteiger partial charge in [0.25, 0.3) is 0 Å². The van der Waals surface area contributed by atoms with Gasteiger partial charge in [0.2, 0.25) is 0 Å². The number of hydrogen-bond acceptors (Lipinski definition) is 5. The second kappa shape index (κ2) is 4.49. The molecule has 0 amide bonds. The lowest BCUT2D eigenvalue weighted by atomic mass is 10.2. The van der Waals surface area contributed by atoms with Crippen molar-refractivity contribution in [2.45, 2.75) is 36.8 Å². The van der Waals surface area contributed by atoms with Crippen LogP contribution in [-0.2, 0) is 19.4 Å². The maximum Gasteiger partial charge on any atom is 0.322 e. The van der Waals surface area contributed by atoms with E-state index >= 15 is 0 Å². The Bertz CT molecular complexity index is 336. The zero-order valence-corrected chi connectivity index (χ0v) is 10.0. The van der Waals surface area contributed by atoms with Gasteiger partial charge in [-0.15, -0.1) is 0 Å². The van der Waals surface area contributed by atoms with Gasteiger partial charge in [-0.25, -0.2) is 8.42 Å². The molecular weight excluding hydrogens is 218 g/mol. The maximum absolute atomic E-state index is 11.8. The maximum atomic E-state index is 11.8. The molecule has 1 N–H and O–H groups in total. The van der Waals surface area contributed by atoms with E-state index in [2.05, 4.69) is 10.1 Å². The van der Waals surface area contributed by atoms with Gasteiger partial charge in [-0.2, -0.15) is 0 Å². The van der Waals surface area contributed by atoms with Gasteiger partial charge in [0.15, 0.2) is 9.84 Å². The molecule has 0 spiro atoms. The minimum Gasteiger partial charge on any atom is -0.468 e. The van der Waals surface area contributed by atoms with E-state index in [1.165, 1.54) is 7.11 Å². The Morgan fingerprint density at radius 3 is 2.53 bits per heavy atom. The SMILES string of the molecule is COC(=O)[C@@H]1C[C@@H](S(=O)(=O)C(C)C)CN1. The minimum absolute atomic E-state index is 0.313. The normalized spacial score (nSPS) is 26.9. The van der Waals surface area contributed by atoms with Crippen LogP contribution in [0.2, 0.25) is 0 Å². The molecular formula is C9H17NO4S. The highest BCUT2D eigenvalue weighted by Crippen LogP contribution is 2.19. The Balaban J connectivity index is 2.69. The number of ether oxygens (including phenoxy) is 1.